The van der Waals surface area contributed by atoms with Gasteiger partial charge in [-0.05, 0) is 151 Å². The lowest BCUT2D eigenvalue weighted by Crippen LogP contribution is -2.34. The van der Waals surface area contributed by atoms with Gasteiger partial charge in [0, 0.05) is 58.3 Å². The van der Waals surface area contributed by atoms with Crippen LogP contribution in [-0.4, -0.2) is 209 Å². The molecule has 0 saturated heterocycles. The number of ether oxygens (including phenoxy) is 18. The monoisotopic (exact) mass is 2070 g/mol. The number of aliphatic hydroxyl groups excluding tert-OH is 4. The Labute approximate surface area is 760 Å². The maximum absolute atomic E-state index is 12.6. The van der Waals surface area contributed by atoms with E-state index in [2.05, 4.69) is 37.2 Å². The molecule has 0 saturated carbocycles. The van der Waals surface area contributed by atoms with E-state index in [-0.39, 0.29) is 79.5 Å². The van der Waals surface area contributed by atoms with Gasteiger partial charge in [-0.2, -0.15) is 0 Å². The highest BCUT2D eigenvalue weighted by Gasteiger charge is 2.32. The Morgan fingerprint density at radius 3 is 0.927 bits per heavy atom. The molecule has 36 heteroatoms. The molecule has 33 nitrogen and oxygen atoms in total. The second-order valence-corrected chi connectivity index (χ2v) is 23.0. The second kappa shape index (κ2) is 65.7. The summed E-state index contributed by atoms with van der Waals surface area (Å²) in [6.07, 6.45) is -5.17. The molecule has 0 bridgehead atoms. The number of Topliss-reactive ketones (excluding diaryl/α,β-unsaturated/α-hetero) is 1. The number of aldehydes is 1. The largest absolute Gasteiger partial charge is 0.504 e. The van der Waals surface area contributed by atoms with Gasteiger partial charge in [0.05, 0.1) is 125 Å². The number of aliphatic hydroxyl groups is 4. The molecule has 5 unspecified atom stereocenters. The number of aliphatic carboxylic acids is 1. The number of halogens is 3. The smallest absolute Gasteiger partial charge is 0.348 e. The number of hydrogen-bond donors (Lipinski definition) is 8. The van der Waals surface area contributed by atoms with Crippen LogP contribution in [-0.2, 0) is 4.79 Å². The molecule has 0 radical (unpaired) electrons. The fourth-order valence-corrected chi connectivity index (χ4v) is 10.0. The van der Waals surface area contributed by atoms with E-state index in [1.54, 1.807) is 195 Å². The number of aromatic carboxylic acids is 1. The van der Waals surface area contributed by atoms with Gasteiger partial charge >= 0.3 is 11.9 Å². The summed E-state index contributed by atoms with van der Waals surface area (Å²) < 4.78 is 93.0. The highest BCUT2D eigenvalue weighted by molar-refractivity contribution is 15.0. The van der Waals surface area contributed by atoms with Crippen molar-refractivity contribution in [2.45, 2.75) is 45.4 Å². The van der Waals surface area contributed by atoms with E-state index < -0.39 is 49.1 Å². The van der Waals surface area contributed by atoms with Crippen LogP contribution >= 0.6 is 61.2 Å². The average Bonchev–Trinajstić information content (AvgIpc) is 0.825. The van der Waals surface area contributed by atoms with E-state index in [0.717, 1.165) is 6.29 Å². The molecule has 0 aromatic heterocycles. The third-order valence-electron chi connectivity index (χ3n) is 16.0. The lowest BCUT2D eigenvalue weighted by atomic mass is 10.0. The number of carbonyl (C=O) groups is 4. The highest BCUT2D eigenvalue weighted by Crippen LogP contribution is 2.38. The van der Waals surface area contributed by atoms with Gasteiger partial charge in [0.1, 0.15) is 18.5 Å². The van der Waals surface area contributed by atoms with Gasteiger partial charge in [-0.25, -0.2) is 9.59 Å². The van der Waals surface area contributed by atoms with E-state index in [1.165, 1.54) is 118 Å². The molecule has 0 amide bonds. The number of carbonyl (C=O) groups excluding carboxylic acids is 2. The van der Waals surface area contributed by atoms with Crippen molar-refractivity contribution in [3.63, 3.8) is 0 Å². The summed E-state index contributed by atoms with van der Waals surface area (Å²) in [7, 11) is 22.6. The molecule has 0 aliphatic heterocycles. The predicted octanol–water partition coefficient (Wildman–Crippen LogP) is 15.4. The Bertz CT molecular complexity index is 4630. The number of ketones is 1. The molecule has 10 aromatic carbocycles. The summed E-state index contributed by atoms with van der Waals surface area (Å²) in [4.78, 5) is 59.2. The van der Waals surface area contributed by atoms with Crippen LogP contribution in [0.15, 0.2) is 212 Å². The third kappa shape index (κ3) is 37.0. The molecular weight excluding hydrogens is 1970 g/mol. The van der Waals surface area contributed by atoms with Gasteiger partial charge in [0.25, 0.3) is 0 Å². The Kier molecular flexibility index (Phi) is 61.6. The summed E-state index contributed by atoms with van der Waals surface area (Å²) in [6, 6.07) is 58.2. The zero-order valence-electron chi connectivity index (χ0n) is 69.1. The average molecular weight is 2080 g/mol. The number of phenols is 2. The first-order valence-electron chi connectivity index (χ1n) is 35.0. The van der Waals surface area contributed by atoms with Crippen LogP contribution in [0.5, 0.6) is 115 Å². The quantitative estimate of drug-likeness (QED) is 0.0110. The molecule has 0 spiro atoms. The van der Waals surface area contributed by atoms with Crippen molar-refractivity contribution >= 4 is 85.2 Å². The van der Waals surface area contributed by atoms with E-state index in [4.69, 9.17) is 111 Å². The lowest BCUT2D eigenvalue weighted by molar-refractivity contribution is -0.150. The number of phenolic OH excluding ortho intramolecular Hbond substituents is 2. The minimum Gasteiger partial charge on any atom is -0.504 e. The Hall–Kier alpha value is -11.9. The van der Waals surface area contributed by atoms with Gasteiger partial charge in [-0.3, -0.25) is 9.59 Å². The third-order valence-corrected chi connectivity index (χ3v) is 16.0. The number of rotatable bonds is 32. The second-order valence-electron chi connectivity index (χ2n) is 23.0. The van der Waals surface area contributed by atoms with Crippen LogP contribution in [0.3, 0.4) is 0 Å². The fraction of sp³-hybridized carbons (Fsp3) is 0.273. The first-order chi connectivity index (χ1) is 58.0. The summed E-state index contributed by atoms with van der Waals surface area (Å²) >= 11 is 4.24. The number of carboxylic acid groups (broad SMARTS) is 2. The van der Waals surface area contributed by atoms with Crippen LogP contribution < -0.4 is 85.3 Å². The van der Waals surface area contributed by atoms with E-state index in [0.29, 0.717) is 120 Å². The molecular formula is C88H109I3O33. The number of para-hydroxylation sites is 10. The van der Waals surface area contributed by atoms with Crippen LogP contribution in [0.25, 0.3) is 0 Å². The van der Waals surface area contributed by atoms with Gasteiger partial charge in [0.2, 0.25) is 11.9 Å². The summed E-state index contributed by atoms with van der Waals surface area (Å²) in [5.41, 5.74) is 1.97. The molecule has 0 aliphatic rings. The van der Waals surface area contributed by atoms with Crippen LogP contribution in [0.2, 0.25) is 0 Å². The van der Waals surface area contributed by atoms with Crippen molar-refractivity contribution < 1.29 is 151 Å². The van der Waals surface area contributed by atoms with Gasteiger partial charge in [-0.15, -0.1) is 24.0 Å². The molecule has 5 atom stereocenters. The first kappa shape index (κ1) is 116. The number of benzene rings is 10. The summed E-state index contributed by atoms with van der Waals surface area (Å²) in [6.45, 7) is -0.835. The van der Waals surface area contributed by atoms with E-state index in [9.17, 15) is 44.7 Å². The molecule has 0 fully saturated rings. The van der Waals surface area contributed by atoms with Crippen molar-refractivity contribution in [1.29, 1.82) is 0 Å². The first-order valence-corrected chi connectivity index (χ1v) is 41.2. The molecule has 10 rings (SSSR count). The highest BCUT2D eigenvalue weighted by atomic mass is 128. The van der Waals surface area contributed by atoms with Gasteiger partial charge < -0.3 is 132 Å². The zero-order valence-corrected chi connectivity index (χ0v) is 75.8. The molecule has 680 valence electrons. The van der Waals surface area contributed by atoms with E-state index >= 15 is 0 Å². The predicted molar refractivity (Wildman–Crippen MR) is 495 cm³/mol. The van der Waals surface area contributed by atoms with Crippen molar-refractivity contribution in [3.05, 3.63) is 250 Å². The maximum Gasteiger partial charge on any atom is 0.348 e. The number of aromatic hydroxyl groups is 2. The minimum absolute atomic E-state index is 0. The van der Waals surface area contributed by atoms with Crippen molar-refractivity contribution in [1.82, 2.24) is 0 Å². The minimum atomic E-state index is -1.53. The standard InChI is InChI=1S/C18H20O7.C18H22O6.C18H20O6.C9H10O4.C9H10O3.2C7H8O2.2CH4.I2.HI.O2.H2O/c1-22-12-6-4-5-7-14(12)25-17(18(20)21)16(19)11-8-9-13(23-2)15(10-11)24-3;2*1-21-13-6-4-5-7-15(13)24-17(11-19)18(20)12-8-9-14(22-2)16(10-12)23-3;1-12-7-4-3-6(9(10)11)5-8(7)13-2;1-11-8-4-3-7(6-10)5-9(8)12-2;2*1-9-7-5-3-2-4-6(7)8;;;1-2;;1-2;/h4-10,16-17,19H,1-3H3,(H,20,21);4-10,17-20H,11H2,1-3H3;4-10,17,19H,11H2,1-3H3;3-5H,1-2H3,(H,10,11);3-6H,1-2H3;2*2-5,8H,1H3;2*1H4;;1H;;1H2. The Morgan fingerprint density at radius 2 is 0.613 bits per heavy atom. The number of methoxy groups -OCH3 is 15. The van der Waals surface area contributed by atoms with Crippen LogP contribution in [0.4, 0.5) is 0 Å². The Balaban J connectivity index is -0.00000140. The molecule has 0 heterocycles. The molecule has 124 heavy (non-hydrogen) atoms. The fourth-order valence-electron chi connectivity index (χ4n) is 10.0. The molecule has 10 N–H and O–H groups in total. The molecule has 0 aliphatic carbocycles. The van der Waals surface area contributed by atoms with Gasteiger partial charge in [-0.1, -0.05) is 87.6 Å². The van der Waals surface area contributed by atoms with Crippen molar-refractivity contribution in [3.8, 4) is 115 Å². The normalized spacial score (nSPS) is 10.6. The number of hydrogen-bond acceptors (Lipinski definition) is 30. The zero-order chi connectivity index (χ0) is 89.7. The van der Waals surface area contributed by atoms with Gasteiger partial charge in [0.15, 0.2) is 127 Å². The van der Waals surface area contributed by atoms with Crippen molar-refractivity contribution in [2.75, 3.05) is 120 Å². The topological polar surface area (TPSA) is 462 Å². The maximum atomic E-state index is 12.6. The SMILES string of the molecule is C.C.COc1ccc(C(=O)C(CO)Oc2ccccc2OC)cc1OC.COc1ccc(C(=O)O)cc1OC.COc1ccc(C(O)C(CO)Oc2ccccc2OC)cc1OC.COc1ccc(C(O)C(Oc2ccccc2OC)C(=O)O)cc1OC.COc1ccc(C=O)cc1OC.COc1ccccc1O.COc1ccccc1O.I.II.O.O=O. The lowest BCUT2D eigenvalue weighted by Gasteiger charge is -2.24. The molecule has 10 aromatic rings. The van der Waals surface area contributed by atoms with Crippen LogP contribution in [0.1, 0.15) is 69.3 Å². The van der Waals surface area contributed by atoms with E-state index in [1.807, 2.05) is 6.07 Å². The summed E-state index contributed by atoms with van der Waals surface area (Å²) in [5.74, 6) is 6.11. The Morgan fingerprint density at radius 1 is 0.339 bits per heavy atom. The summed E-state index contributed by atoms with van der Waals surface area (Å²) in [5, 5.41) is 76.4. The van der Waals surface area contributed by atoms with Crippen molar-refractivity contribution in [2.24, 2.45) is 0 Å². The van der Waals surface area contributed by atoms with Crippen LogP contribution in [0, 0.1) is 9.93 Å². The number of carboxylic acids is 2.